The molecule has 5 N–H and O–H groups in total. The van der Waals surface area contributed by atoms with Gasteiger partial charge in [-0.1, -0.05) is 6.07 Å². The van der Waals surface area contributed by atoms with Gasteiger partial charge in [-0.25, -0.2) is 8.42 Å². The molecule has 0 saturated carbocycles. The molecule has 0 aliphatic rings. The Morgan fingerprint density at radius 2 is 1.76 bits per heavy atom. The maximum Gasteiger partial charge on any atom is 0.252 e. The van der Waals surface area contributed by atoms with Gasteiger partial charge in [-0.3, -0.25) is 9.78 Å². The van der Waals surface area contributed by atoms with Gasteiger partial charge in [-0.2, -0.15) is 0 Å². The van der Waals surface area contributed by atoms with E-state index in [9.17, 15) is 23.4 Å². The zero-order valence-electron chi connectivity index (χ0n) is 17.8. The molecule has 0 bridgehead atoms. The number of pyridine rings is 1. The van der Waals surface area contributed by atoms with Crippen LogP contribution in [-0.4, -0.2) is 49.2 Å². The maximum atomic E-state index is 12.8. The van der Waals surface area contributed by atoms with Crippen LogP contribution in [0.2, 0.25) is 0 Å². The third-order valence-electron chi connectivity index (χ3n) is 4.63. The summed E-state index contributed by atoms with van der Waals surface area (Å²) in [5.41, 5.74) is 5.61. The van der Waals surface area contributed by atoms with Crippen LogP contribution in [-0.2, 0) is 9.84 Å². The van der Waals surface area contributed by atoms with Crippen molar-refractivity contribution in [2.45, 2.75) is 15.9 Å². The minimum absolute atomic E-state index is 0. The molecule has 1 atom stereocenters. The lowest BCUT2D eigenvalue weighted by Crippen LogP contribution is -2.26. The SMILES string of the molecule is Cl.Cl.NC(=O)c1cc(S(=O)(=O)c2ccc(OCCNC[C@@H](O)c3cccnc3)cc2)ccc1O. The number of carbonyl (C=O) groups excluding carboxylic acids is 1. The first kappa shape index (κ1) is 29.1. The third-order valence-corrected chi connectivity index (χ3v) is 6.40. The molecule has 0 radical (unpaired) electrons. The number of benzene rings is 2. The lowest BCUT2D eigenvalue weighted by atomic mass is 10.1. The van der Waals surface area contributed by atoms with Crippen LogP contribution in [0.5, 0.6) is 11.5 Å². The highest BCUT2D eigenvalue weighted by atomic mass is 35.5. The van der Waals surface area contributed by atoms with Gasteiger partial charge >= 0.3 is 0 Å². The summed E-state index contributed by atoms with van der Waals surface area (Å²) in [6, 6.07) is 12.7. The van der Waals surface area contributed by atoms with Crippen LogP contribution < -0.4 is 15.8 Å². The van der Waals surface area contributed by atoms with E-state index in [1.165, 1.54) is 30.3 Å². The number of sulfone groups is 1. The van der Waals surface area contributed by atoms with Crippen molar-refractivity contribution in [2.24, 2.45) is 5.73 Å². The zero-order chi connectivity index (χ0) is 23.1. The monoisotopic (exact) mass is 529 g/mol. The number of aliphatic hydroxyl groups excluding tert-OH is 1. The molecule has 0 fully saturated rings. The van der Waals surface area contributed by atoms with Crippen LogP contribution in [0.25, 0.3) is 0 Å². The Hall–Kier alpha value is -2.89. The van der Waals surface area contributed by atoms with Crippen LogP contribution in [0.4, 0.5) is 0 Å². The number of aliphatic hydroxyl groups is 1. The summed E-state index contributed by atoms with van der Waals surface area (Å²) in [5.74, 6) is -0.839. The Morgan fingerprint density at radius 1 is 1.09 bits per heavy atom. The number of hydrogen-bond donors (Lipinski definition) is 4. The number of primary amides is 1. The Balaban J connectivity index is 0.00000289. The maximum absolute atomic E-state index is 12.8. The first-order chi connectivity index (χ1) is 15.3. The molecule has 1 amide bonds. The van der Waals surface area contributed by atoms with E-state index in [1.807, 2.05) is 0 Å². The molecular formula is C22H25Cl2N3O6S. The fourth-order valence-corrected chi connectivity index (χ4v) is 4.19. The van der Waals surface area contributed by atoms with E-state index in [0.29, 0.717) is 31.0 Å². The topological polar surface area (TPSA) is 152 Å². The molecule has 12 heteroatoms. The molecule has 2 aromatic carbocycles. The van der Waals surface area contributed by atoms with Crippen molar-refractivity contribution < 1.29 is 28.2 Å². The number of phenols is 1. The predicted octanol–water partition coefficient (Wildman–Crippen LogP) is 2.26. The zero-order valence-corrected chi connectivity index (χ0v) is 20.3. The van der Waals surface area contributed by atoms with Gasteiger partial charge in [0, 0.05) is 31.0 Å². The Bertz CT molecular complexity index is 1180. The summed E-state index contributed by atoms with van der Waals surface area (Å²) in [5, 5.41) is 22.8. The van der Waals surface area contributed by atoms with Crippen molar-refractivity contribution in [1.29, 1.82) is 0 Å². The molecule has 1 aromatic heterocycles. The number of hydrogen-bond acceptors (Lipinski definition) is 8. The highest BCUT2D eigenvalue weighted by molar-refractivity contribution is 7.91. The number of aromatic hydroxyl groups is 1. The highest BCUT2D eigenvalue weighted by Crippen LogP contribution is 2.27. The molecule has 184 valence electrons. The van der Waals surface area contributed by atoms with Gasteiger partial charge in [0.2, 0.25) is 9.84 Å². The molecular weight excluding hydrogens is 505 g/mol. The second-order valence-electron chi connectivity index (χ2n) is 6.87. The van der Waals surface area contributed by atoms with Crippen LogP contribution >= 0.6 is 24.8 Å². The van der Waals surface area contributed by atoms with Gasteiger partial charge in [-0.15, -0.1) is 24.8 Å². The third kappa shape index (κ3) is 7.31. The van der Waals surface area contributed by atoms with Crippen LogP contribution in [0, 0.1) is 0 Å². The van der Waals surface area contributed by atoms with Crippen LogP contribution in [0.3, 0.4) is 0 Å². The fourth-order valence-electron chi connectivity index (χ4n) is 2.90. The van der Waals surface area contributed by atoms with Gasteiger partial charge in [0.05, 0.1) is 21.5 Å². The van der Waals surface area contributed by atoms with Crippen molar-refractivity contribution in [3.8, 4) is 11.5 Å². The molecule has 0 aliphatic carbocycles. The number of nitrogens with zero attached hydrogens (tertiary/aromatic N) is 1. The fraction of sp³-hybridized carbons (Fsp3) is 0.182. The number of rotatable bonds is 10. The van der Waals surface area contributed by atoms with Gasteiger partial charge in [0.1, 0.15) is 18.1 Å². The number of amides is 1. The van der Waals surface area contributed by atoms with Crippen molar-refractivity contribution >= 4 is 40.6 Å². The second-order valence-corrected chi connectivity index (χ2v) is 8.82. The van der Waals surface area contributed by atoms with Gasteiger partial charge in [-0.05, 0) is 48.5 Å². The summed E-state index contributed by atoms with van der Waals surface area (Å²) in [6.45, 7) is 1.12. The minimum atomic E-state index is -3.91. The predicted molar refractivity (Wildman–Crippen MR) is 131 cm³/mol. The Labute approximate surface area is 209 Å². The Kier molecular flexibility index (Phi) is 11.2. The molecule has 3 rings (SSSR count). The van der Waals surface area contributed by atoms with E-state index >= 15 is 0 Å². The lowest BCUT2D eigenvalue weighted by molar-refractivity contribution is 0.0997. The van der Waals surface area contributed by atoms with Gasteiger partial charge in [0.15, 0.2) is 0 Å². The van der Waals surface area contributed by atoms with Crippen molar-refractivity contribution in [3.05, 3.63) is 78.1 Å². The lowest BCUT2D eigenvalue weighted by Gasteiger charge is -2.12. The summed E-state index contributed by atoms with van der Waals surface area (Å²) in [6.07, 6.45) is 2.56. The average Bonchev–Trinajstić information content (AvgIpc) is 2.79. The standard InChI is InChI=1S/C22H23N3O6S.2ClH/c23-22(28)19-12-18(7-8-20(19)26)32(29,30)17-5-3-16(4-6-17)31-11-10-25-14-21(27)15-2-1-9-24-13-15;;/h1-9,12-13,21,25-27H,10-11,14H2,(H2,23,28);2*1H/t21-;;/m1../s1. The van der Waals surface area contributed by atoms with Crippen LogP contribution in [0.1, 0.15) is 22.0 Å². The first-order valence-corrected chi connectivity index (χ1v) is 11.2. The molecule has 0 spiro atoms. The van der Waals surface area contributed by atoms with E-state index < -0.39 is 21.8 Å². The first-order valence-electron chi connectivity index (χ1n) is 9.68. The van der Waals surface area contributed by atoms with E-state index in [-0.39, 0.29) is 45.9 Å². The van der Waals surface area contributed by atoms with E-state index in [4.69, 9.17) is 10.5 Å². The van der Waals surface area contributed by atoms with Crippen molar-refractivity contribution in [2.75, 3.05) is 19.7 Å². The summed E-state index contributed by atoms with van der Waals surface area (Å²) in [7, 11) is -3.91. The molecule has 34 heavy (non-hydrogen) atoms. The number of carbonyl (C=O) groups is 1. The van der Waals surface area contributed by atoms with Crippen LogP contribution in [0.15, 0.2) is 76.8 Å². The minimum Gasteiger partial charge on any atom is -0.507 e. The van der Waals surface area contributed by atoms with Crippen molar-refractivity contribution in [1.82, 2.24) is 10.3 Å². The van der Waals surface area contributed by atoms with Crippen molar-refractivity contribution in [3.63, 3.8) is 0 Å². The van der Waals surface area contributed by atoms with E-state index in [0.717, 1.165) is 12.1 Å². The molecule has 0 saturated heterocycles. The quantitative estimate of drug-likeness (QED) is 0.292. The van der Waals surface area contributed by atoms with Gasteiger partial charge < -0.3 is 26.0 Å². The number of ether oxygens (including phenoxy) is 1. The number of aromatic nitrogens is 1. The Morgan fingerprint density at radius 3 is 2.38 bits per heavy atom. The molecule has 0 unspecified atom stereocenters. The van der Waals surface area contributed by atoms with Gasteiger partial charge in [0.25, 0.3) is 5.91 Å². The molecule has 1 heterocycles. The number of nitrogens with one attached hydrogen (secondary N) is 1. The molecule has 3 aromatic rings. The number of nitrogens with two attached hydrogens (primary N) is 1. The number of halogens is 2. The van der Waals surface area contributed by atoms with E-state index in [2.05, 4.69) is 10.3 Å². The largest absolute Gasteiger partial charge is 0.507 e. The van der Waals surface area contributed by atoms with E-state index in [1.54, 1.807) is 24.5 Å². The molecule has 0 aliphatic heterocycles. The summed E-state index contributed by atoms with van der Waals surface area (Å²) >= 11 is 0. The normalized spacial score (nSPS) is 11.6. The summed E-state index contributed by atoms with van der Waals surface area (Å²) < 4.78 is 31.2. The summed E-state index contributed by atoms with van der Waals surface area (Å²) in [4.78, 5) is 15.2. The highest BCUT2D eigenvalue weighted by Gasteiger charge is 2.20. The average molecular weight is 530 g/mol. The molecule has 9 nitrogen and oxygen atoms in total. The second kappa shape index (κ2) is 13.1. The smallest absolute Gasteiger partial charge is 0.252 e.